The van der Waals surface area contributed by atoms with Crippen molar-refractivity contribution in [3.05, 3.63) is 59.7 Å². The van der Waals surface area contributed by atoms with Crippen molar-refractivity contribution in [2.75, 3.05) is 24.5 Å². The van der Waals surface area contributed by atoms with Gasteiger partial charge in [0.25, 0.3) is 5.91 Å². The number of hydrogen-bond acceptors (Lipinski definition) is 4. The van der Waals surface area contributed by atoms with Crippen molar-refractivity contribution in [1.82, 2.24) is 9.62 Å². The number of fused-ring (bicyclic) bond motifs is 1. The van der Waals surface area contributed by atoms with Gasteiger partial charge in [-0.2, -0.15) is 4.31 Å². The molecule has 1 N–H and O–H groups in total. The van der Waals surface area contributed by atoms with Gasteiger partial charge in [-0.3, -0.25) is 14.5 Å². The Hall–Kier alpha value is -2.71. The predicted octanol–water partition coefficient (Wildman–Crippen LogP) is 2.57. The smallest absolute Gasteiger partial charge is 0.259 e. The molecule has 0 aliphatic carbocycles. The molecule has 0 unspecified atom stereocenters. The maximum absolute atomic E-state index is 13.4. The molecule has 1 saturated heterocycles. The molecule has 0 bridgehead atoms. The second kappa shape index (κ2) is 8.80. The normalized spacial score (nSPS) is 19.1. The number of para-hydroxylation sites is 1. The summed E-state index contributed by atoms with van der Waals surface area (Å²) in [4.78, 5) is 27.7. The van der Waals surface area contributed by atoms with Crippen LogP contribution in [0.4, 0.5) is 5.69 Å². The fourth-order valence-electron chi connectivity index (χ4n) is 4.30. The topological polar surface area (TPSA) is 86.8 Å². The molecule has 8 heteroatoms. The van der Waals surface area contributed by atoms with Crippen molar-refractivity contribution in [3.63, 3.8) is 0 Å². The van der Waals surface area contributed by atoms with Crippen LogP contribution in [0.3, 0.4) is 0 Å². The first-order chi connectivity index (χ1) is 14.9. The van der Waals surface area contributed by atoms with Crippen LogP contribution in [0.1, 0.15) is 42.1 Å². The van der Waals surface area contributed by atoms with Gasteiger partial charge in [-0.1, -0.05) is 24.6 Å². The lowest BCUT2D eigenvalue weighted by molar-refractivity contribution is -0.122. The molecule has 2 aromatic carbocycles. The van der Waals surface area contributed by atoms with E-state index < -0.39 is 16.1 Å². The summed E-state index contributed by atoms with van der Waals surface area (Å²) in [5, 5.41) is 2.81. The van der Waals surface area contributed by atoms with Gasteiger partial charge in [-0.15, -0.1) is 0 Å². The van der Waals surface area contributed by atoms with Crippen LogP contribution in [0.15, 0.2) is 53.4 Å². The van der Waals surface area contributed by atoms with Crippen LogP contribution < -0.4 is 10.2 Å². The largest absolute Gasteiger partial charge is 0.355 e. The minimum atomic E-state index is -3.56. The molecule has 2 aromatic rings. The summed E-state index contributed by atoms with van der Waals surface area (Å²) in [7, 11) is -3.56. The minimum Gasteiger partial charge on any atom is -0.355 e. The Morgan fingerprint density at radius 2 is 1.68 bits per heavy atom. The number of carbonyl (C=O) groups excluding carboxylic acids is 2. The van der Waals surface area contributed by atoms with Gasteiger partial charge in [-0.05, 0) is 55.7 Å². The van der Waals surface area contributed by atoms with Crippen molar-refractivity contribution in [1.29, 1.82) is 0 Å². The first-order valence-electron chi connectivity index (χ1n) is 10.7. The Balaban J connectivity index is 1.61. The summed E-state index contributed by atoms with van der Waals surface area (Å²) >= 11 is 0. The van der Waals surface area contributed by atoms with Gasteiger partial charge >= 0.3 is 0 Å². The first kappa shape index (κ1) is 21.5. The van der Waals surface area contributed by atoms with Gasteiger partial charge in [0.2, 0.25) is 15.9 Å². The zero-order valence-corrected chi connectivity index (χ0v) is 18.4. The van der Waals surface area contributed by atoms with E-state index in [-0.39, 0.29) is 16.7 Å². The molecule has 31 heavy (non-hydrogen) atoms. The maximum Gasteiger partial charge on any atom is 0.259 e. The number of rotatable bonds is 5. The van der Waals surface area contributed by atoms with E-state index in [9.17, 15) is 18.0 Å². The number of hydrogen-bond donors (Lipinski definition) is 1. The molecule has 0 saturated carbocycles. The summed E-state index contributed by atoms with van der Waals surface area (Å²) in [6.07, 6.45) is 3.23. The van der Waals surface area contributed by atoms with Crippen LogP contribution in [-0.2, 0) is 21.2 Å². The van der Waals surface area contributed by atoms with Crippen molar-refractivity contribution >= 4 is 27.5 Å². The Morgan fingerprint density at radius 3 is 2.35 bits per heavy atom. The summed E-state index contributed by atoms with van der Waals surface area (Å²) in [5.41, 5.74) is 2.01. The van der Waals surface area contributed by atoms with E-state index in [1.54, 1.807) is 0 Å². The molecule has 0 spiro atoms. The van der Waals surface area contributed by atoms with Crippen molar-refractivity contribution < 1.29 is 18.0 Å². The Labute approximate surface area is 183 Å². The number of piperidine rings is 1. The van der Waals surface area contributed by atoms with Crippen LogP contribution in [0.25, 0.3) is 0 Å². The Bertz CT molecular complexity index is 1080. The van der Waals surface area contributed by atoms with Gasteiger partial charge in [0.15, 0.2) is 0 Å². The third kappa shape index (κ3) is 4.09. The maximum atomic E-state index is 13.4. The first-order valence-corrected chi connectivity index (χ1v) is 12.2. The molecule has 164 valence electrons. The highest BCUT2D eigenvalue weighted by Crippen LogP contribution is 2.33. The summed E-state index contributed by atoms with van der Waals surface area (Å²) in [6.45, 7) is 3.38. The van der Waals surface area contributed by atoms with E-state index in [1.165, 1.54) is 33.5 Å². The Morgan fingerprint density at radius 1 is 1.00 bits per heavy atom. The van der Waals surface area contributed by atoms with Crippen LogP contribution >= 0.6 is 0 Å². The Kier molecular flexibility index (Phi) is 6.11. The summed E-state index contributed by atoms with van der Waals surface area (Å²) in [5.74, 6) is -0.514. The van der Waals surface area contributed by atoms with E-state index in [2.05, 4.69) is 5.32 Å². The monoisotopic (exact) mass is 441 g/mol. The second-order valence-corrected chi connectivity index (χ2v) is 9.85. The van der Waals surface area contributed by atoms with E-state index in [1.807, 2.05) is 31.2 Å². The molecule has 0 aromatic heterocycles. The molecule has 1 fully saturated rings. The molecule has 0 radical (unpaired) electrons. The van der Waals surface area contributed by atoms with Crippen molar-refractivity contribution in [2.45, 2.75) is 43.5 Å². The lowest BCUT2D eigenvalue weighted by Gasteiger charge is -2.26. The number of likely N-dealkylation sites (N-methyl/N-ethyl adjacent to an activating group) is 1. The standard InChI is InChI=1S/C23H27N3O4S/c1-2-24-22(27)21-16-18-8-4-5-9-20(18)26(21)23(28)17-10-12-19(13-11-17)31(29,30)25-14-6-3-7-15-25/h4-5,8-13,21H,2-3,6-7,14-16H2,1H3,(H,24,27)/t21-/m0/s1. The average molecular weight is 442 g/mol. The number of benzene rings is 2. The van der Waals surface area contributed by atoms with Crippen LogP contribution in [0.2, 0.25) is 0 Å². The van der Waals surface area contributed by atoms with E-state index in [4.69, 9.17) is 0 Å². The third-order valence-electron chi connectivity index (χ3n) is 5.90. The van der Waals surface area contributed by atoms with Gasteiger partial charge < -0.3 is 5.32 Å². The second-order valence-electron chi connectivity index (χ2n) is 7.91. The van der Waals surface area contributed by atoms with Crippen molar-refractivity contribution in [3.8, 4) is 0 Å². The fraction of sp³-hybridized carbons (Fsp3) is 0.391. The van der Waals surface area contributed by atoms with Crippen LogP contribution in [0, 0.1) is 0 Å². The zero-order chi connectivity index (χ0) is 22.0. The number of sulfonamides is 1. The average Bonchev–Trinajstić information content (AvgIpc) is 3.19. The highest BCUT2D eigenvalue weighted by Gasteiger charge is 2.38. The predicted molar refractivity (Wildman–Crippen MR) is 118 cm³/mol. The highest BCUT2D eigenvalue weighted by atomic mass is 32.2. The fourth-order valence-corrected chi connectivity index (χ4v) is 5.82. The summed E-state index contributed by atoms with van der Waals surface area (Å²) < 4.78 is 27.3. The molecular weight excluding hydrogens is 414 g/mol. The molecule has 2 amide bonds. The highest BCUT2D eigenvalue weighted by molar-refractivity contribution is 7.89. The molecule has 7 nitrogen and oxygen atoms in total. The molecule has 1 atom stereocenters. The third-order valence-corrected chi connectivity index (χ3v) is 7.82. The number of nitrogens with zero attached hydrogens (tertiary/aromatic N) is 2. The van der Waals surface area contributed by atoms with Gasteiger partial charge in [0.1, 0.15) is 6.04 Å². The molecule has 2 aliphatic rings. The van der Waals surface area contributed by atoms with Gasteiger partial charge in [0, 0.05) is 37.3 Å². The van der Waals surface area contributed by atoms with Crippen molar-refractivity contribution in [2.24, 2.45) is 0 Å². The summed E-state index contributed by atoms with van der Waals surface area (Å²) in [6, 6.07) is 12.9. The lowest BCUT2D eigenvalue weighted by atomic mass is 10.1. The van der Waals surface area contributed by atoms with Crippen LogP contribution in [-0.4, -0.2) is 50.2 Å². The molecular formula is C23H27N3O4S. The van der Waals surface area contributed by atoms with E-state index in [0.717, 1.165) is 24.8 Å². The lowest BCUT2D eigenvalue weighted by Crippen LogP contribution is -2.48. The number of nitrogens with one attached hydrogen (secondary N) is 1. The molecule has 2 aliphatic heterocycles. The number of anilines is 1. The van der Waals surface area contributed by atoms with Gasteiger partial charge in [-0.25, -0.2) is 8.42 Å². The number of amides is 2. The van der Waals surface area contributed by atoms with E-state index in [0.29, 0.717) is 37.3 Å². The van der Waals surface area contributed by atoms with Gasteiger partial charge in [0.05, 0.1) is 4.90 Å². The minimum absolute atomic E-state index is 0.188. The SMILES string of the molecule is CCNC(=O)[C@@H]1Cc2ccccc2N1C(=O)c1ccc(S(=O)(=O)N2CCCCC2)cc1. The quantitative estimate of drug-likeness (QED) is 0.773. The van der Waals surface area contributed by atoms with E-state index >= 15 is 0 Å². The zero-order valence-electron chi connectivity index (χ0n) is 17.6. The molecule has 2 heterocycles. The van der Waals surface area contributed by atoms with Crippen LogP contribution in [0.5, 0.6) is 0 Å². The number of carbonyl (C=O) groups is 2. The molecule has 4 rings (SSSR count).